The van der Waals surface area contributed by atoms with Crippen LogP contribution in [-0.4, -0.2) is 32.9 Å². The number of carboxylic acid groups (broad SMARTS) is 1. The molecule has 1 unspecified atom stereocenters. The molecule has 1 heterocycles. The molecule has 1 aromatic rings. The van der Waals surface area contributed by atoms with Crippen molar-refractivity contribution in [2.75, 3.05) is 6.54 Å². The zero-order chi connectivity index (χ0) is 12.5. The molecular formula is C12H19N3O2. The van der Waals surface area contributed by atoms with Crippen LogP contribution in [0.4, 0.5) is 0 Å². The van der Waals surface area contributed by atoms with Crippen molar-refractivity contribution in [1.29, 1.82) is 0 Å². The normalized spacial score (nSPS) is 18.9. The predicted molar refractivity (Wildman–Crippen MR) is 63.7 cm³/mol. The molecule has 0 bridgehead atoms. The number of aryl methyl sites for hydroxylation is 1. The van der Waals surface area contributed by atoms with Gasteiger partial charge in [0.15, 0.2) is 0 Å². The van der Waals surface area contributed by atoms with E-state index in [1.54, 1.807) is 10.9 Å². The molecular weight excluding hydrogens is 218 g/mol. The third-order valence-corrected chi connectivity index (χ3v) is 3.48. The fraction of sp³-hybridized carbons (Fsp3) is 0.667. The molecule has 1 atom stereocenters. The lowest BCUT2D eigenvalue weighted by Crippen LogP contribution is -2.57. The first kappa shape index (κ1) is 12.1. The molecule has 0 radical (unpaired) electrons. The van der Waals surface area contributed by atoms with Crippen LogP contribution in [0, 0.1) is 12.8 Å². The first-order valence-corrected chi connectivity index (χ1v) is 6.07. The molecule has 2 rings (SSSR count). The lowest BCUT2D eigenvalue weighted by atomic mass is 9.93. The summed E-state index contributed by atoms with van der Waals surface area (Å²) in [5, 5.41) is 16.9. The number of aromatic nitrogens is 2. The van der Waals surface area contributed by atoms with Crippen LogP contribution in [0.5, 0.6) is 0 Å². The molecule has 1 fully saturated rings. The van der Waals surface area contributed by atoms with Gasteiger partial charge in [0, 0.05) is 11.9 Å². The summed E-state index contributed by atoms with van der Waals surface area (Å²) in [6.07, 6.45) is 3.68. The summed E-state index contributed by atoms with van der Waals surface area (Å²) in [5.41, 5.74) is 0.139. The van der Waals surface area contributed by atoms with Gasteiger partial charge in [0.2, 0.25) is 0 Å². The van der Waals surface area contributed by atoms with Crippen LogP contribution in [0.2, 0.25) is 0 Å². The Morgan fingerprint density at radius 3 is 2.82 bits per heavy atom. The number of rotatable bonds is 6. The van der Waals surface area contributed by atoms with Gasteiger partial charge in [-0.25, -0.2) is 0 Å². The topological polar surface area (TPSA) is 67.2 Å². The van der Waals surface area contributed by atoms with Gasteiger partial charge in [-0.15, -0.1) is 0 Å². The molecule has 0 spiro atoms. The number of hydrogen-bond donors (Lipinski definition) is 2. The fourth-order valence-electron chi connectivity index (χ4n) is 2.34. The van der Waals surface area contributed by atoms with Crippen LogP contribution >= 0.6 is 0 Å². The van der Waals surface area contributed by atoms with Gasteiger partial charge in [-0.1, -0.05) is 6.92 Å². The average Bonchev–Trinajstić information content (AvgIpc) is 3.04. The molecule has 0 aromatic carbocycles. The Morgan fingerprint density at radius 1 is 1.71 bits per heavy atom. The first-order chi connectivity index (χ1) is 8.10. The van der Waals surface area contributed by atoms with Crippen LogP contribution in [0.3, 0.4) is 0 Å². The molecule has 5 nitrogen and oxygen atoms in total. The minimum Gasteiger partial charge on any atom is -0.480 e. The predicted octanol–water partition coefficient (Wildman–Crippen LogP) is 1.03. The zero-order valence-corrected chi connectivity index (χ0v) is 10.3. The van der Waals surface area contributed by atoms with Crippen molar-refractivity contribution in [2.24, 2.45) is 5.92 Å². The van der Waals surface area contributed by atoms with Gasteiger partial charge in [0.25, 0.3) is 0 Å². The molecule has 1 aromatic heterocycles. The van der Waals surface area contributed by atoms with E-state index in [1.165, 1.54) is 0 Å². The molecule has 2 N–H and O–H groups in total. The number of nitrogens with zero attached hydrogens (tertiary/aromatic N) is 2. The van der Waals surface area contributed by atoms with Crippen molar-refractivity contribution in [3.63, 3.8) is 0 Å². The van der Waals surface area contributed by atoms with Crippen molar-refractivity contribution in [3.8, 4) is 0 Å². The Kier molecular flexibility index (Phi) is 3.19. The Labute approximate surface area is 101 Å². The van der Waals surface area contributed by atoms with Crippen LogP contribution < -0.4 is 5.32 Å². The van der Waals surface area contributed by atoms with E-state index in [-0.39, 0.29) is 5.92 Å². The Morgan fingerprint density at radius 2 is 2.41 bits per heavy atom. The molecule has 5 heteroatoms. The highest BCUT2D eigenvalue weighted by Gasteiger charge is 2.51. The maximum Gasteiger partial charge on any atom is 0.326 e. The van der Waals surface area contributed by atoms with Gasteiger partial charge in [0.1, 0.15) is 5.54 Å². The van der Waals surface area contributed by atoms with E-state index in [1.807, 2.05) is 19.9 Å². The average molecular weight is 237 g/mol. The maximum atomic E-state index is 11.6. The maximum absolute atomic E-state index is 11.6. The molecule has 0 saturated heterocycles. The van der Waals surface area contributed by atoms with E-state index in [0.717, 1.165) is 18.5 Å². The molecule has 0 aliphatic heterocycles. The van der Waals surface area contributed by atoms with Crippen LogP contribution in [0.25, 0.3) is 0 Å². The summed E-state index contributed by atoms with van der Waals surface area (Å²) in [6.45, 7) is 4.94. The highest BCUT2D eigenvalue weighted by molar-refractivity contribution is 5.79. The molecule has 17 heavy (non-hydrogen) atoms. The third kappa shape index (κ3) is 2.20. The smallest absolute Gasteiger partial charge is 0.326 e. The number of likely N-dealkylation sites (N-methyl/N-ethyl adjacent to an activating group) is 1. The van der Waals surface area contributed by atoms with E-state index >= 15 is 0 Å². The van der Waals surface area contributed by atoms with Gasteiger partial charge >= 0.3 is 5.97 Å². The number of aliphatic carboxylic acids is 1. The molecule has 1 saturated carbocycles. The van der Waals surface area contributed by atoms with Crippen molar-refractivity contribution < 1.29 is 9.90 Å². The minimum atomic E-state index is -0.856. The standard InChI is InChI=1S/C12H19N3O2/c1-3-13-12(11(16)17,10-4-5-10)8-15-9(2)6-7-14-15/h6-7,10,13H,3-5,8H2,1-2H3,(H,16,17). The number of nitrogens with one attached hydrogen (secondary N) is 1. The van der Waals surface area contributed by atoms with E-state index in [2.05, 4.69) is 10.4 Å². The van der Waals surface area contributed by atoms with Crippen molar-refractivity contribution >= 4 is 5.97 Å². The summed E-state index contributed by atoms with van der Waals surface area (Å²) in [7, 11) is 0. The van der Waals surface area contributed by atoms with Gasteiger partial charge in [-0.2, -0.15) is 5.10 Å². The van der Waals surface area contributed by atoms with Crippen LogP contribution in [0.1, 0.15) is 25.5 Å². The molecule has 0 amide bonds. The van der Waals surface area contributed by atoms with Gasteiger partial charge < -0.3 is 10.4 Å². The van der Waals surface area contributed by atoms with E-state index in [4.69, 9.17) is 0 Å². The van der Waals surface area contributed by atoms with Gasteiger partial charge in [0.05, 0.1) is 6.54 Å². The van der Waals surface area contributed by atoms with Crippen molar-refractivity contribution in [2.45, 2.75) is 38.8 Å². The second kappa shape index (κ2) is 4.49. The van der Waals surface area contributed by atoms with E-state index < -0.39 is 11.5 Å². The van der Waals surface area contributed by atoms with Gasteiger partial charge in [-0.05, 0) is 38.3 Å². The summed E-state index contributed by atoms with van der Waals surface area (Å²) < 4.78 is 1.77. The fourth-order valence-corrected chi connectivity index (χ4v) is 2.34. The first-order valence-electron chi connectivity index (χ1n) is 6.07. The Hall–Kier alpha value is -1.36. The minimum absolute atomic E-state index is 0.226. The van der Waals surface area contributed by atoms with Gasteiger partial charge in [-0.3, -0.25) is 9.48 Å². The highest BCUT2D eigenvalue weighted by Crippen LogP contribution is 2.41. The Bertz CT molecular complexity index is 412. The molecule has 1 aliphatic carbocycles. The van der Waals surface area contributed by atoms with Crippen LogP contribution in [0.15, 0.2) is 12.3 Å². The van der Waals surface area contributed by atoms with E-state index in [0.29, 0.717) is 13.1 Å². The summed E-state index contributed by atoms with van der Waals surface area (Å²) in [4.78, 5) is 11.6. The Balaban J connectivity index is 2.26. The molecule has 94 valence electrons. The highest BCUT2D eigenvalue weighted by atomic mass is 16.4. The summed E-state index contributed by atoms with van der Waals surface area (Å²) in [6, 6.07) is 1.89. The van der Waals surface area contributed by atoms with Crippen molar-refractivity contribution in [3.05, 3.63) is 18.0 Å². The number of carboxylic acids is 1. The van der Waals surface area contributed by atoms with E-state index in [9.17, 15) is 9.90 Å². The number of hydrogen-bond acceptors (Lipinski definition) is 3. The quantitative estimate of drug-likeness (QED) is 0.775. The summed E-state index contributed by atoms with van der Waals surface area (Å²) >= 11 is 0. The lowest BCUT2D eigenvalue weighted by Gasteiger charge is -2.30. The molecule has 1 aliphatic rings. The second-order valence-electron chi connectivity index (χ2n) is 4.71. The second-order valence-corrected chi connectivity index (χ2v) is 4.71. The third-order valence-electron chi connectivity index (χ3n) is 3.48. The SMILES string of the molecule is CCNC(Cn1nccc1C)(C(=O)O)C1CC1. The summed E-state index contributed by atoms with van der Waals surface area (Å²) in [5.74, 6) is -0.541. The lowest BCUT2D eigenvalue weighted by molar-refractivity contribution is -0.146. The zero-order valence-electron chi connectivity index (χ0n) is 10.3. The van der Waals surface area contributed by atoms with Crippen LogP contribution in [-0.2, 0) is 11.3 Å². The largest absolute Gasteiger partial charge is 0.480 e. The number of carbonyl (C=O) groups is 1. The van der Waals surface area contributed by atoms with Crippen molar-refractivity contribution in [1.82, 2.24) is 15.1 Å². The monoisotopic (exact) mass is 237 g/mol.